The van der Waals surface area contributed by atoms with Crippen LogP contribution >= 0.6 is 0 Å². The molecule has 0 aromatic heterocycles. The van der Waals surface area contributed by atoms with Gasteiger partial charge in [0.2, 0.25) is 5.91 Å². The van der Waals surface area contributed by atoms with Crippen LogP contribution in [0.1, 0.15) is 54.8 Å². The number of benzene rings is 1. The number of carbonyl (C=O) groups is 1. The quantitative estimate of drug-likeness (QED) is 0.795. The lowest BCUT2D eigenvalue weighted by molar-refractivity contribution is -0.122. The smallest absolute Gasteiger partial charge is 0.241 e. The minimum Gasteiger partial charge on any atom is -0.354 e. The fourth-order valence-corrected chi connectivity index (χ4v) is 4.79. The fourth-order valence-electron chi connectivity index (χ4n) is 4.79. The van der Waals surface area contributed by atoms with Crippen LogP contribution in [0.5, 0.6) is 0 Å². The molecular formula is C20H31N3O. The number of hydrogen-bond donors (Lipinski definition) is 3. The Morgan fingerprint density at radius 3 is 2.58 bits per heavy atom. The highest BCUT2D eigenvalue weighted by Gasteiger charge is 2.43. The summed E-state index contributed by atoms with van der Waals surface area (Å²) in [6.45, 7) is 7.09. The van der Waals surface area contributed by atoms with Crippen molar-refractivity contribution >= 4 is 5.91 Å². The molecule has 0 radical (unpaired) electrons. The highest BCUT2D eigenvalue weighted by Crippen LogP contribution is 2.49. The van der Waals surface area contributed by atoms with Gasteiger partial charge in [0.1, 0.15) is 6.04 Å². The Kier molecular flexibility index (Phi) is 5.26. The van der Waals surface area contributed by atoms with E-state index in [-0.39, 0.29) is 5.91 Å². The van der Waals surface area contributed by atoms with Crippen LogP contribution in [-0.4, -0.2) is 25.5 Å². The predicted molar refractivity (Wildman–Crippen MR) is 97.7 cm³/mol. The molecule has 4 heteroatoms. The maximum Gasteiger partial charge on any atom is 0.241 e. The molecule has 2 unspecified atom stereocenters. The summed E-state index contributed by atoms with van der Waals surface area (Å²) in [5.41, 5.74) is 9.87. The lowest BCUT2D eigenvalue weighted by Gasteiger charge is -2.39. The standard InChI is InChI=1S/C20H31N3O/c1-14-10-15(2)12-16(11-14)18(21)19(24)23-13-17-4-3-5-20(17)6-8-22-9-7-20/h10-12,17-18,22H,3-9,13,21H2,1-2H3,(H,23,24). The summed E-state index contributed by atoms with van der Waals surface area (Å²) in [6, 6.07) is 5.56. The number of piperidine rings is 1. The van der Waals surface area contributed by atoms with Crippen LogP contribution in [-0.2, 0) is 4.79 Å². The van der Waals surface area contributed by atoms with Crippen molar-refractivity contribution in [3.05, 3.63) is 34.9 Å². The van der Waals surface area contributed by atoms with Crippen molar-refractivity contribution in [2.24, 2.45) is 17.1 Å². The van der Waals surface area contributed by atoms with E-state index in [0.29, 0.717) is 11.3 Å². The molecule has 1 saturated carbocycles. The van der Waals surface area contributed by atoms with Gasteiger partial charge in [0, 0.05) is 6.54 Å². The van der Waals surface area contributed by atoms with Gasteiger partial charge < -0.3 is 16.4 Å². The third-order valence-corrected chi connectivity index (χ3v) is 6.10. The molecule has 1 amide bonds. The molecular weight excluding hydrogens is 298 g/mol. The summed E-state index contributed by atoms with van der Waals surface area (Å²) in [4.78, 5) is 12.5. The van der Waals surface area contributed by atoms with Crippen LogP contribution < -0.4 is 16.4 Å². The Bertz CT molecular complexity index is 572. The highest BCUT2D eigenvalue weighted by molar-refractivity contribution is 5.83. The summed E-state index contributed by atoms with van der Waals surface area (Å²) >= 11 is 0. The summed E-state index contributed by atoms with van der Waals surface area (Å²) in [5, 5.41) is 6.61. The second kappa shape index (κ2) is 7.24. The molecule has 1 spiro atoms. The van der Waals surface area contributed by atoms with E-state index in [0.717, 1.165) is 36.3 Å². The fraction of sp³-hybridized carbons (Fsp3) is 0.650. The average molecular weight is 329 g/mol. The molecule has 1 aliphatic carbocycles. The molecule has 2 fully saturated rings. The van der Waals surface area contributed by atoms with E-state index < -0.39 is 6.04 Å². The van der Waals surface area contributed by atoms with Gasteiger partial charge in [-0.3, -0.25) is 4.79 Å². The Morgan fingerprint density at radius 2 is 1.92 bits per heavy atom. The van der Waals surface area contributed by atoms with Gasteiger partial charge in [-0.2, -0.15) is 0 Å². The minimum atomic E-state index is -0.575. The van der Waals surface area contributed by atoms with Gasteiger partial charge in [0.25, 0.3) is 0 Å². The molecule has 2 aliphatic rings. The molecule has 0 bridgehead atoms. The van der Waals surface area contributed by atoms with E-state index in [1.165, 1.54) is 32.1 Å². The van der Waals surface area contributed by atoms with Crippen molar-refractivity contribution in [2.75, 3.05) is 19.6 Å². The van der Waals surface area contributed by atoms with E-state index in [1.807, 2.05) is 26.0 Å². The summed E-state index contributed by atoms with van der Waals surface area (Å²) in [5.74, 6) is 0.561. The Balaban J connectivity index is 1.60. The van der Waals surface area contributed by atoms with Crippen LogP contribution in [0, 0.1) is 25.2 Å². The molecule has 4 nitrogen and oxygen atoms in total. The van der Waals surface area contributed by atoms with Crippen LogP contribution in [0.4, 0.5) is 0 Å². The van der Waals surface area contributed by atoms with Gasteiger partial charge >= 0.3 is 0 Å². The minimum absolute atomic E-state index is 0.0454. The normalized spacial score (nSPS) is 24.0. The number of nitrogens with one attached hydrogen (secondary N) is 2. The molecule has 1 saturated heterocycles. The lowest BCUT2D eigenvalue weighted by Crippen LogP contribution is -2.44. The second-order valence-corrected chi connectivity index (χ2v) is 7.85. The van der Waals surface area contributed by atoms with Crippen molar-refractivity contribution < 1.29 is 4.79 Å². The predicted octanol–water partition coefficient (Wildman–Crippen LogP) is 2.59. The Hall–Kier alpha value is -1.39. The van der Waals surface area contributed by atoms with E-state index in [1.54, 1.807) is 0 Å². The van der Waals surface area contributed by atoms with Crippen LogP contribution in [0.3, 0.4) is 0 Å². The number of hydrogen-bond acceptors (Lipinski definition) is 3. The summed E-state index contributed by atoms with van der Waals surface area (Å²) in [7, 11) is 0. The largest absolute Gasteiger partial charge is 0.354 e. The van der Waals surface area contributed by atoms with Gasteiger partial charge in [-0.25, -0.2) is 0 Å². The van der Waals surface area contributed by atoms with Crippen molar-refractivity contribution in [1.29, 1.82) is 0 Å². The molecule has 1 aromatic carbocycles. The van der Waals surface area contributed by atoms with Crippen molar-refractivity contribution in [3.63, 3.8) is 0 Å². The molecule has 4 N–H and O–H groups in total. The van der Waals surface area contributed by atoms with Gasteiger partial charge in [-0.05, 0) is 69.5 Å². The average Bonchev–Trinajstić information content (AvgIpc) is 2.93. The summed E-state index contributed by atoms with van der Waals surface area (Å²) < 4.78 is 0. The number of nitrogens with two attached hydrogens (primary N) is 1. The second-order valence-electron chi connectivity index (χ2n) is 7.85. The Labute approximate surface area is 145 Å². The van der Waals surface area contributed by atoms with Gasteiger partial charge in [-0.15, -0.1) is 0 Å². The van der Waals surface area contributed by atoms with Gasteiger partial charge in [0.05, 0.1) is 0 Å². The third kappa shape index (κ3) is 3.65. The van der Waals surface area contributed by atoms with E-state index in [9.17, 15) is 4.79 Å². The van der Waals surface area contributed by atoms with Crippen LogP contribution in [0.25, 0.3) is 0 Å². The first kappa shape index (κ1) is 17.4. The lowest BCUT2D eigenvalue weighted by atomic mass is 9.71. The SMILES string of the molecule is Cc1cc(C)cc(C(N)C(=O)NCC2CCCC23CCNCC3)c1. The molecule has 2 atom stereocenters. The zero-order valence-electron chi connectivity index (χ0n) is 15.0. The molecule has 1 aliphatic heterocycles. The first-order valence-corrected chi connectivity index (χ1v) is 9.32. The maximum atomic E-state index is 12.5. The zero-order chi connectivity index (χ0) is 17.2. The van der Waals surface area contributed by atoms with Crippen molar-refractivity contribution in [3.8, 4) is 0 Å². The molecule has 132 valence electrons. The van der Waals surface area contributed by atoms with Crippen molar-refractivity contribution in [2.45, 2.75) is 52.0 Å². The molecule has 1 aromatic rings. The number of carbonyl (C=O) groups excluding carboxylic acids is 1. The van der Waals surface area contributed by atoms with E-state index in [4.69, 9.17) is 5.73 Å². The van der Waals surface area contributed by atoms with E-state index in [2.05, 4.69) is 16.7 Å². The topological polar surface area (TPSA) is 67.2 Å². The van der Waals surface area contributed by atoms with Crippen LogP contribution in [0.2, 0.25) is 0 Å². The first-order chi connectivity index (χ1) is 11.5. The Morgan fingerprint density at radius 1 is 1.25 bits per heavy atom. The molecule has 24 heavy (non-hydrogen) atoms. The maximum absolute atomic E-state index is 12.5. The number of rotatable bonds is 4. The zero-order valence-corrected chi connectivity index (χ0v) is 15.0. The van der Waals surface area contributed by atoms with Gasteiger partial charge in [-0.1, -0.05) is 35.7 Å². The molecule has 3 rings (SSSR count). The number of amides is 1. The number of aryl methyl sites for hydroxylation is 2. The van der Waals surface area contributed by atoms with Crippen LogP contribution in [0.15, 0.2) is 18.2 Å². The summed E-state index contributed by atoms with van der Waals surface area (Å²) in [6.07, 6.45) is 6.34. The molecule has 1 heterocycles. The highest BCUT2D eigenvalue weighted by atomic mass is 16.2. The van der Waals surface area contributed by atoms with Crippen molar-refractivity contribution in [1.82, 2.24) is 10.6 Å². The van der Waals surface area contributed by atoms with Gasteiger partial charge in [0.15, 0.2) is 0 Å². The third-order valence-electron chi connectivity index (χ3n) is 6.10. The monoisotopic (exact) mass is 329 g/mol. The van der Waals surface area contributed by atoms with E-state index >= 15 is 0 Å². The first-order valence-electron chi connectivity index (χ1n) is 9.32.